The zero-order chi connectivity index (χ0) is 12.3. The molecule has 0 aromatic carbocycles. The lowest BCUT2D eigenvalue weighted by molar-refractivity contribution is 0.109. The van der Waals surface area contributed by atoms with Gasteiger partial charge in [-0.15, -0.1) is 0 Å². The van der Waals surface area contributed by atoms with E-state index >= 15 is 0 Å². The zero-order valence-electron chi connectivity index (χ0n) is 10.4. The number of hydrogen-bond acceptors (Lipinski definition) is 6. The van der Waals surface area contributed by atoms with Crippen LogP contribution in [0.15, 0.2) is 0 Å². The lowest BCUT2D eigenvalue weighted by Crippen LogP contribution is -2.22. The van der Waals surface area contributed by atoms with Crippen LogP contribution in [-0.2, 0) is 24.2 Å². The van der Waals surface area contributed by atoms with E-state index in [1.165, 1.54) is 0 Å². The molecule has 0 unspecified atom stereocenters. The van der Waals surface area contributed by atoms with E-state index in [9.17, 15) is 0 Å². The van der Waals surface area contributed by atoms with Crippen molar-refractivity contribution in [2.24, 2.45) is 5.84 Å². The van der Waals surface area contributed by atoms with Gasteiger partial charge in [0.25, 0.3) is 0 Å². The molecule has 0 bridgehead atoms. The van der Waals surface area contributed by atoms with E-state index in [0.29, 0.717) is 12.4 Å². The molecule has 0 atom stereocenters. The lowest BCUT2D eigenvalue weighted by Gasteiger charge is -2.19. The van der Waals surface area contributed by atoms with Gasteiger partial charge in [-0.1, -0.05) is 0 Å². The molecule has 1 aromatic rings. The summed E-state index contributed by atoms with van der Waals surface area (Å²) in [6.45, 7) is 2.20. The van der Waals surface area contributed by atoms with E-state index in [2.05, 4.69) is 20.3 Å². The summed E-state index contributed by atoms with van der Waals surface area (Å²) in [7, 11) is 4.07. The molecule has 3 N–H and O–H groups in total. The Bertz CT molecular complexity index is 376. The monoisotopic (exact) mass is 237 g/mol. The van der Waals surface area contributed by atoms with Crippen molar-refractivity contribution in [1.29, 1.82) is 0 Å². The van der Waals surface area contributed by atoms with Gasteiger partial charge < -0.3 is 15.1 Å². The van der Waals surface area contributed by atoms with Crippen molar-refractivity contribution in [3.8, 4) is 0 Å². The first kappa shape index (κ1) is 12.2. The number of nitrogens with one attached hydrogen (secondary N) is 1. The van der Waals surface area contributed by atoms with Crippen LogP contribution < -0.4 is 11.3 Å². The standard InChI is InChI=1S/C11H19N5O/c1-16(2)5-3-10-13-9-4-6-17-7-8(9)11(14-10)15-12/h3-7,12H2,1-2H3,(H,13,14,15). The van der Waals surface area contributed by atoms with Crippen LogP contribution in [0.3, 0.4) is 0 Å². The Kier molecular flexibility index (Phi) is 3.88. The average molecular weight is 237 g/mol. The van der Waals surface area contributed by atoms with Crippen LogP contribution in [0.5, 0.6) is 0 Å². The number of hydrazine groups is 1. The maximum Gasteiger partial charge on any atom is 0.149 e. The van der Waals surface area contributed by atoms with E-state index in [4.69, 9.17) is 10.6 Å². The van der Waals surface area contributed by atoms with Crippen molar-refractivity contribution < 1.29 is 4.74 Å². The molecule has 2 rings (SSSR count). The minimum absolute atomic E-state index is 0.544. The summed E-state index contributed by atoms with van der Waals surface area (Å²) in [5.41, 5.74) is 4.69. The van der Waals surface area contributed by atoms with Crippen molar-refractivity contribution in [2.75, 3.05) is 32.7 Å². The van der Waals surface area contributed by atoms with Gasteiger partial charge in [-0.2, -0.15) is 0 Å². The molecule has 17 heavy (non-hydrogen) atoms. The van der Waals surface area contributed by atoms with Crippen LogP contribution in [0.4, 0.5) is 5.82 Å². The van der Waals surface area contributed by atoms with E-state index in [1.807, 2.05) is 14.1 Å². The molecule has 0 saturated carbocycles. The Morgan fingerprint density at radius 2 is 2.24 bits per heavy atom. The third kappa shape index (κ3) is 2.91. The molecule has 94 valence electrons. The molecule has 0 amide bonds. The molecule has 6 heteroatoms. The van der Waals surface area contributed by atoms with Crippen LogP contribution in [0, 0.1) is 0 Å². The van der Waals surface area contributed by atoms with Gasteiger partial charge in [-0.3, -0.25) is 0 Å². The third-order valence-electron chi connectivity index (χ3n) is 2.79. The third-order valence-corrected chi connectivity index (χ3v) is 2.79. The minimum Gasteiger partial charge on any atom is -0.376 e. The summed E-state index contributed by atoms with van der Waals surface area (Å²) in [5.74, 6) is 7.03. The highest BCUT2D eigenvalue weighted by Gasteiger charge is 2.17. The van der Waals surface area contributed by atoms with E-state index in [0.717, 1.165) is 43.1 Å². The Balaban J connectivity index is 2.23. The molecule has 1 aromatic heterocycles. The summed E-state index contributed by atoms with van der Waals surface area (Å²) in [6.07, 6.45) is 1.66. The molecular formula is C11H19N5O. The fraction of sp³-hybridized carbons (Fsp3) is 0.636. The maximum atomic E-state index is 5.49. The first-order valence-corrected chi connectivity index (χ1v) is 5.78. The van der Waals surface area contributed by atoms with Crippen LogP contribution in [-0.4, -0.2) is 42.1 Å². The van der Waals surface area contributed by atoms with Crippen molar-refractivity contribution in [3.05, 3.63) is 17.1 Å². The zero-order valence-corrected chi connectivity index (χ0v) is 10.4. The highest BCUT2D eigenvalue weighted by molar-refractivity contribution is 5.46. The number of nitrogens with zero attached hydrogens (tertiary/aromatic N) is 3. The summed E-state index contributed by atoms with van der Waals surface area (Å²) < 4.78 is 5.39. The molecule has 0 radical (unpaired) electrons. The topological polar surface area (TPSA) is 76.3 Å². The van der Waals surface area contributed by atoms with Crippen molar-refractivity contribution in [1.82, 2.24) is 14.9 Å². The number of likely N-dealkylation sites (N-methyl/N-ethyl adjacent to an activating group) is 1. The van der Waals surface area contributed by atoms with E-state index in [-0.39, 0.29) is 0 Å². The summed E-state index contributed by atoms with van der Waals surface area (Å²) in [4.78, 5) is 11.1. The molecule has 0 saturated heterocycles. The average Bonchev–Trinajstić information content (AvgIpc) is 2.35. The fourth-order valence-corrected chi connectivity index (χ4v) is 1.84. The quantitative estimate of drug-likeness (QED) is 0.564. The van der Waals surface area contributed by atoms with Crippen LogP contribution >= 0.6 is 0 Å². The Morgan fingerprint density at radius 1 is 1.41 bits per heavy atom. The Morgan fingerprint density at radius 3 is 2.94 bits per heavy atom. The molecule has 6 nitrogen and oxygen atoms in total. The predicted molar refractivity (Wildman–Crippen MR) is 65.5 cm³/mol. The van der Waals surface area contributed by atoms with Gasteiger partial charge in [0.2, 0.25) is 0 Å². The van der Waals surface area contributed by atoms with Gasteiger partial charge in [-0.05, 0) is 14.1 Å². The number of aromatic nitrogens is 2. The van der Waals surface area contributed by atoms with Crippen LogP contribution in [0.25, 0.3) is 0 Å². The van der Waals surface area contributed by atoms with Gasteiger partial charge in [0, 0.05) is 24.9 Å². The summed E-state index contributed by atoms with van der Waals surface area (Å²) in [6, 6.07) is 0. The molecule has 0 spiro atoms. The highest BCUT2D eigenvalue weighted by Crippen LogP contribution is 2.21. The van der Waals surface area contributed by atoms with Crippen molar-refractivity contribution in [2.45, 2.75) is 19.4 Å². The summed E-state index contributed by atoms with van der Waals surface area (Å²) in [5, 5.41) is 0. The predicted octanol–water partition coefficient (Wildman–Crippen LogP) is -0.0610. The van der Waals surface area contributed by atoms with E-state index in [1.54, 1.807) is 0 Å². The van der Waals surface area contributed by atoms with Gasteiger partial charge in [0.05, 0.1) is 18.9 Å². The van der Waals surface area contributed by atoms with Crippen LogP contribution in [0.1, 0.15) is 17.1 Å². The SMILES string of the molecule is CN(C)CCc1nc2c(c(NN)n1)COCC2. The van der Waals surface area contributed by atoms with Gasteiger partial charge in [-0.25, -0.2) is 15.8 Å². The number of fused-ring (bicyclic) bond motifs is 1. The second-order valence-corrected chi connectivity index (χ2v) is 4.41. The molecule has 0 fully saturated rings. The highest BCUT2D eigenvalue weighted by atomic mass is 16.5. The molecule has 1 aliphatic heterocycles. The van der Waals surface area contributed by atoms with E-state index < -0.39 is 0 Å². The smallest absolute Gasteiger partial charge is 0.149 e. The first-order valence-electron chi connectivity index (χ1n) is 5.78. The molecule has 1 aliphatic rings. The lowest BCUT2D eigenvalue weighted by atomic mass is 10.1. The summed E-state index contributed by atoms with van der Waals surface area (Å²) >= 11 is 0. The largest absolute Gasteiger partial charge is 0.376 e. The van der Waals surface area contributed by atoms with Crippen molar-refractivity contribution >= 4 is 5.82 Å². The van der Waals surface area contributed by atoms with Crippen LogP contribution in [0.2, 0.25) is 0 Å². The maximum absolute atomic E-state index is 5.49. The van der Waals surface area contributed by atoms with Gasteiger partial charge >= 0.3 is 0 Å². The fourth-order valence-electron chi connectivity index (χ4n) is 1.84. The second-order valence-electron chi connectivity index (χ2n) is 4.41. The number of nitrogens with two attached hydrogens (primary N) is 1. The number of rotatable bonds is 4. The molecule has 0 aliphatic carbocycles. The van der Waals surface area contributed by atoms with Crippen molar-refractivity contribution in [3.63, 3.8) is 0 Å². The van der Waals surface area contributed by atoms with Gasteiger partial charge in [0.15, 0.2) is 0 Å². The Labute approximate surface area is 101 Å². The second kappa shape index (κ2) is 5.39. The number of ether oxygens (including phenoxy) is 1. The normalized spacial score (nSPS) is 14.8. The molecule has 2 heterocycles. The minimum atomic E-state index is 0.544. The number of hydrogen-bond donors (Lipinski definition) is 2. The number of anilines is 1. The first-order chi connectivity index (χ1) is 8.20. The molecular weight excluding hydrogens is 218 g/mol. The van der Waals surface area contributed by atoms with Gasteiger partial charge in [0.1, 0.15) is 11.6 Å². The Hall–Kier alpha value is -1.24. The number of nitrogen functional groups attached to an aromatic ring is 1.